The maximum absolute atomic E-state index is 12.4. The van der Waals surface area contributed by atoms with Gasteiger partial charge in [-0.15, -0.1) is 12.4 Å². The molecule has 1 atom stereocenters. The Morgan fingerprint density at radius 3 is 2.38 bits per heavy atom. The summed E-state index contributed by atoms with van der Waals surface area (Å²) < 4.78 is 11.1. The molecule has 5 nitrogen and oxygen atoms in total. The molecule has 0 amide bonds. The van der Waals surface area contributed by atoms with Crippen LogP contribution >= 0.6 is 24.0 Å². The van der Waals surface area contributed by atoms with Crippen LogP contribution in [-0.2, 0) is 16.1 Å². The molecule has 0 fully saturated rings. The van der Waals surface area contributed by atoms with Crippen LogP contribution in [0.4, 0.5) is 0 Å². The zero-order valence-electron chi connectivity index (χ0n) is 16.6. The topological polar surface area (TPSA) is 59.9 Å². The van der Waals surface area contributed by atoms with Crippen molar-refractivity contribution >= 4 is 35.8 Å². The number of ether oxygens (including phenoxy) is 2. The second-order valence-corrected chi connectivity index (χ2v) is 6.91. The lowest BCUT2D eigenvalue weighted by atomic mass is 9.95. The van der Waals surface area contributed by atoms with E-state index in [2.05, 4.69) is 10.3 Å². The van der Waals surface area contributed by atoms with E-state index in [9.17, 15) is 4.79 Å². The highest BCUT2D eigenvalue weighted by Gasteiger charge is 2.29. The summed E-state index contributed by atoms with van der Waals surface area (Å²) in [6, 6.07) is 14.9. The third-order valence-electron chi connectivity index (χ3n) is 4.39. The zero-order chi connectivity index (χ0) is 20.1. The summed E-state index contributed by atoms with van der Waals surface area (Å²) in [6.07, 6.45) is 0. The first kappa shape index (κ1) is 22.8. The van der Waals surface area contributed by atoms with E-state index < -0.39 is 0 Å². The molecule has 0 saturated carbocycles. The summed E-state index contributed by atoms with van der Waals surface area (Å²) in [5.41, 5.74) is 3.18. The molecule has 2 aromatic rings. The number of hydrogen-bond donors (Lipinski definition) is 1. The molecule has 0 bridgehead atoms. The Kier molecular flexibility index (Phi) is 8.11. The molecule has 1 unspecified atom stereocenters. The lowest BCUT2D eigenvalue weighted by Crippen LogP contribution is -2.34. The molecule has 3 rings (SSSR count). The number of nitrogens with one attached hydrogen (secondary N) is 1. The van der Waals surface area contributed by atoms with Gasteiger partial charge in [-0.05, 0) is 56.2 Å². The lowest BCUT2D eigenvalue weighted by Gasteiger charge is -2.27. The van der Waals surface area contributed by atoms with Crippen molar-refractivity contribution in [2.75, 3.05) is 6.61 Å². The first-order chi connectivity index (χ1) is 13.5. The largest absolute Gasteiger partial charge is 0.489 e. The maximum atomic E-state index is 12.4. The second kappa shape index (κ2) is 10.3. The molecular formula is C22H24Cl2N2O3. The average molecular weight is 435 g/mol. The smallest absolute Gasteiger partial charge is 0.338 e. The summed E-state index contributed by atoms with van der Waals surface area (Å²) in [4.78, 5) is 16.8. The Labute approximate surface area is 182 Å². The molecule has 0 spiro atoms. The van der Waals surface area contributed by atoms with Gasteiger partial charge in [-0.25, -0.2) is 9.79 Å². The number of hydrogen-bond acceptors (Lipinski definition) is 5. The summed E-state index contributed by atoms with van der Waals surface area (Å²) in [7, 11) is 0. The van der Waals surface area contributed by atoms with Gasteiger partial charge < -0.3 is 14.8 Å². The van der Waals surface area contributed by atoms with Crippen molar-refractivity contribution in [3.63, 3.8) is 0 Å². The Morgan fingerprint density at radius 1 is 1.10 bits per heavy atom. The van der Waals surface area contributed by atoms with Crippen LogP contribution in [0.25, 0.3) is 0 Å². The maximum Gasteiger partial charge on any atom is 0.338 e. The number of rotatable bonds is 6. The SMILES string of the molecule is CCOC(=O)C1=C(C)N=C(C)NC1c1ccc(OCc2ccc(Cl)cc2)cc1.Cl. The van der Waals surface area contributed by atoms with Gasteiger partial charge in [0, 0.05) is 5.02 Å². The third kappa shape index (κ3) is 5.75. The van der Waals surface area contributed by atoms with E-state index >= 15 is 0 Å². The van der Waals surface area contributed by atoms with Gasteiger partial charge in [-0.2, -0.15) is 0 Å². The zero-order valence-corrected chi connectivity index (χ0v) is 18.1. The Hall–Kier alpha value is -2.50. The van der Waals surface area contributed by atoms with Crippen molar-refractivity contribution in [2.24, 2.45) is 4.99 Å². The molecule has 2 aromatic carbocycles. The average Bonchev–Trinajstić information content (AvgIpc) is 2.67. The number of carbonyl (C=O) groups is 1. The van der Waals surface area contributed by atoms with Crippen LogP contribution in [0.1, 0.15) is 37.9 Å². The first-order valence-corrected chi connectivity index (χ1v) is 9.52. The fourth-order valence-electron chi connectivity index (χ4n) is 3.06. The van der Waals surface area contributed by atoms with E-state index in [1.807, 2.05) is 62.4 Å². The van der Waals surface area contributed by atoms with Crippen LogP contribution in [0.15, 0.2) is 64.8 Å². The third-order valence-corrected chi connectivity index (χ3v) is 4.65. The fourth-order valence-corrected chi connectivity index (χ4v) is 3.19. The van der Waals surface area contributed by atoms with Gasteiger partial charge in [0.25, 0.3) is 0 Å². The molecule has 0 aliphatic carbocycles. The van der Waals surface area contributed by atoms with Crippen LogP contribution < -0.4 is 10.1 Å². The number of carbonyl (C=O) groups excluding carboxylic acids is 1. The minimum atomic E-state index is -0.350. The highest BCUT2D eigenvalue weighted by Crippen LogP contribution is 2.30. The molecule has 0 radical (unpaired) electrons. The van der Waals surface area contributed by atoms with Gasteiger partial charge in [-0.3, -0.25) is 0 Å². The van der Waals surface area contributed by atoms with E-state index in [0.29, 0.717) is 29.5 Å². The molecule has 1 heterocycles. The van der Waals surface area contributed by atoms with Gasteiger partial charge in [0.05, 0.1) is 29.8 Å². The van der Waals surface area contributed by atoms with Crippen LogP contribution in [0.5, 0.6) is 5.75 Å². The Balaban J connectivity index is 0.00000300. The summed E-state index contributed by atoms with van der Waals surface area (Å²) in [6.45, 7) is 6.27. The highest BCUT2D eigenvalue weighted by atomic mass is 35.5. The Morgan fingerprint density at radius 2 is 1.76 bits per heavy atom. The Bertz CT molecular complexity index is 907. The second-order valence-electron chi connectivity index (χ2n) is 6.48. The molecular weight excluding hydrogens is 411 g/mol. The van der Waals surface area contributed by atoms with Gasteiger partial charge in [0.15, 0.2) is 0 Å². The fraction of sp³-hybridized carbons (Fsp3) is 0.273. The quantitative estimate of drug-likeness (QED) is 0.631. The van der Waals surface area contributed by atoms with Crippen LogP contribution in [0.3, 0.4) is 0 Å². The minimum absolute atomic E-state index is 0. The highest BCUT2D eigenvalue weighted by molar-refractivity contribution is 6.30. The minimum Gasteiger partial charge on any atom is -0.489 e. The van der Waals surface area contributed by atoms with Crippen LogP contribution in [0, 0.1) is 0 Å². The standard InChI is InChI=1S/C22H23ClN2O3.ClH/c1-4-27-22(26)20-14(2)24-15(3)25-21(20)17-7-11-19(12-8-17)28-13-16-5-9-18(23)10-6-16;/h5-12,21H,4,13H2,1-3H3,(H,24,25);1H. The molecule has 1 aliphatic rings. The number of nitrogens with zero attached hydrogens (tertiary/aromatic N) is 1. The number of halogens is 2. The monoisotopic (exact) mass is 434 g/mol. The molecule has 0 saturated heterocycles. The number of amidine groups is 1. The molecule has 7 heteroatoms. The van der Waals surface area contributed by atoms with Crippen molar-refractivity contribution in [3.05, 3.63) is 76.0 Å². The van der Waals surface area contributed by atoms with Crippen LogP contribution in [0.2, 0.25) is 5.02 Å². The number of benzene rings is 2. The van der Waals surface area contributed by atoms with E-state index in [1.54, 1.807) is 6.92 Å². The van der Waals surface area contributed by atoms with Gasteiger partial charge >= 0.3 is 5.97 Å². The molecule has 1 N–H and O–H groups in total. The van der Waals surface area contributed by atoms with Gasteiger partial charge in [0.1, 0.15) is 12.4 Å². The lowest BCUT2D eigenvalue weighted by molar-refractivity contribution is -0.139. The van der Waals surface area contributed by atoms with E-state index in [4.69, 9.17) is 21.1 Å². The van der Waals surface area contributed by atoms with E-state index in [0.717, 1.165) is 22.7 Å². The summed E-state index contributed by atoms with van der Waals surface area (Å²) in [5.74, 6) is 1.16. The van der Waals surface area contributed by atoms with E-state index in [-0.39, 0.29) is 24.4 Å². The molecule has 0 aromatic heterocycles. The predicted molar refractivity (Wildman–Crippen MR) is 118 cm³/mol. The number of esters is 1. The number of aliphatic imine (C=N–C) groups is 1. The van der Waals surface area contributed by atoms with Crippen molar-refractivity contribution in [3.8, 4) is 5.75 Å². The molecule has 29 heavy (non-hydrogen) atoms. The van der Waals surface area contributed by atoms with Crippen molar-refractivity contribution in [1.29, 1.82) is 0 Å². The predicted octanol–water partition coefficient (Wildman–Crippen LogP) is 5.24. The summed E-state index contributed by atoms with van der Waals surface area (Å²) in [5, 5.41) is 3.97. The molecule has 1 aliphatic heterocycles. The van der Waals surface area contributed by atoms with Gasteiger partial charge in [0.2, 0.25) is 0 Å². The van der Waals surface area contributed by atoms with Gasteiger partial charge in [-0.1, -0.05) is 35.9 Å². The van der Waals surface area contributed by atoms with Crippen LogP contribution in [-0.4, -0.2) is 18.4 Å². The van der Waals surface area contributed by atoms with E-state index in [1.165, 1.54) is 0 Å². The first-order valence-electron chi connectivity index (χ1n) is 9.15. The van der Waals surface area contributed by atoms with Crippen molar-refractivity contribution < 1.29 is 14.3 Å². The summed E-state index contributed by atoms with van der Waals surface area (Å²) >= 11 is 5.90. The van der Waals surface area contributed by atoms with Crippen molar-refractivity contribution in [2.45, 2.75) is 33.4 Å². The molecule has 154 valence electrons. The number of allylic oxidation sites excluding steroid dienone is 1. The normalized spacial score (nSPS) is 15.7. The van der Waals surface area contributed by atoms with Crippen molar-refractivity contribution in [1.82, 2.24) is 5.32 Å².